The predicted molar refractivity (Wildman–Crippen MR) is 136 cm³/mol. The van der Waals surface area contributed by atoms with Crippen LogP contribution in [0.2, 0.25) is 0 Å². The lowest BCUT2D eigenvalue weighted by molar-refractivity contribution is 0.202. The van der Waals surface area contributed by atoms with E-state index in [9.17, 15) is 15.3 Å². The maximum atomic E-state index is 10.8. The first-order valence-electron chi connectivity index (χ1n) is 10.4. The van der Waals surface area contributed by atoms with Gasteiger partial charge in [0.25, 0.3) is 0 Å². The average Bonchev–Trinajstić information content (AvgIpc) is 2.77. The number of allylic oxidation sites excluding steroid dienone is 1. The molecule has 166 valence electrons. The molecule has 0 aliphatic rings. The van der Waals surface area contributed by atoms with Crippen molar-refractivity contribution in [1.82, 2.24) is 0 Å². The van der Waals surface area contributed by atoms with Gasteiger partial charge in [0.1, 0.15) is 0 Å². The quantitative estimate of drug-likeness (QED) is 0.189. The minimum atomic E-state index is -0.701. The van der Waals surface area contributed by atoms with Gasteiger partial charge < -0.3 is 20.1 Å². The summed E-state index contributed by atoms with van der Waals surface area (Å²) in [5, 5.41) is 30.4. The van der Waals surface area contributed by atoms with Crippen molar-refractivity contribution in [2.45, 2.75) is 38.7 Å². The van der Waals surface area contributed by atoms with E-state index in [1.54, 1.807) is 12.1 Å². The Bertz CT molecular complexity index is 932. The average molecular weight is 534 g/mol. The maximum absolute atomic E-state index is 10.8. The summed E-state index contributed by atoms with van der Waals surface area (Å²) in [6, 6.07) is 13.7. The molecule has 31 heavy (non-hydrogen) atoms. The van der Waals surface area contributed by atoms with Gasteiger partial charge in [-0.1, -0.05) is 62.4 Å². The molecule has 0 aliphatic heterocycles. The number of aliphatic hydroxyl groups is 2. The zero-order chi connectivity index (χ0) is 22.8. The highest BCUT2D eigenvalue weighted by atomic mass is 127. The van der Waals surface area contributed by atoms with E-state index in [-0.39, 0.29) is 12.4 Å². The number of hydrogen-bond donors (Lipinski definition) is 3. The molecule has 5 heteroatoms. The van der Waals surface area contributed by atoms with Gasteiger partial charge >= 0.3 is 0 Å². The molecule has 0 radical (unpaired) electrons. The van der Waals surface area contributed by atoms with E-state index in [2.05, 4.69) is 42.2 Å². The summed E-state index contributed by atoms with van der Waals surface area (Å²) in [4.78, 5) is 0. The van der Waals surface area contributed by atoms with Crippen molar-refractivity contribution in [2.75, 3.05) is 13.7 Å². The van der Waals surface area contributed by atoms with Crippen LogP contribution in [0.15, 0.2) is 66.3 Å². The van der Waals surface area contributed by atoms with Crippen LogP contribution in [0.25, 0.3) is 11.6 Å². The van der Waals surface area contributed by atoms with Crippen molar-refractivity contribution < 1.29 is 20.1 Å². The van der Waals surface area contributed by atoms with E-state index in [1.807, 2.05) is 36.4 Å². The van der Waals surface area contributed by atoms with Crippen molar-refractivity contribution in [3.63, 3.8) is 0 Å². The lowest BCUT2D eigenvalue weighted by Crippen LogP contribution is -2.13. The summed E-state index contributed by atoms with van der Waals surface area (Å²) in [6.45, 7) is 6.03. The SMILES string of the molecule is C=C(CCC)/C(=C/CO)C(O)CC/C(=C/c1cc(I)c(O)c(OC)c1)c1ccccc1. The molecule has 0 bridgehead atoms. The molecule has 0 spiro atoms. The lowest BCUT2D eigenvalue weighted by Gasteiger charge is -2.18. The zero-order valence-electron chi connectivity index (χ0n) is 18.1. The van der Waals surface area contributed by atoms with Crippen molar-refractivity contribution in [2.24, 2.45) is 0 Å². The molecule has 0 fully saturated rings. The van der Waals surface area contributed by atoms with Crippen LogP contribution in [0.3, 0.4) is 0 Å². The third kappa shape index (κ3) is 7.23. The van der Waals surface area contributed by atoms with Gasteiger partial charge in [0.2, 0.25) is 0 Å². The first kappa shape index (κ1) is 25.2. The first-order valence-corrected chi connectivity index (χ1v) is 11.5. The van der Waals surface area contributed by atoms with Gasteiger partial charge in [-0.05, 0) is 81.8 Å². The smallest absolute Gasteiger partial charge is 0.171 e. The second-order valence-corrected chi connectivity index (χ2v) is 8.50. The van der Waals surface area contributed by atoms with Gasteiger partial charge in [-0.2, -0.15) is 0 Å². The number of aliphatic hydroxyl groups excluding tert-OH is 2. The minimum absolute atomic E-state index is 0.123. The molecule has 0 heterocycles. The number of rotatable bonds is 11. The monoisotopic (exact) mass is 534 g/mol. The largest absolute Gasteiger partial charge is 0.504 e. The van der Waals surface area contributed by atoms with Crippen LogP contribution in [-0.4, -0.2) is 35.1 Å². The molecule has 3 N–H and O–H groups in total. The van der Waals surface area contributed by atoms with Crippen LogP contribution in [0.1, 0.15) is 43.7 Å². The summed E-state index contributed by atoms with van der Waals surface area (Å²) < 4.78 is 6.00. The zero-order valence-corrected chi connectivity index (χ0v) is 20.3. The lowest BCUT2D eigenvalue weighted by atomic mass is 9.91. The Morgan fingerprint density at radius 2 is 1.90 bits per heavy atom. The molecule has 2 aromatic carbocycles. The maximum Gasteiger partial charge on any atom is 0.171 e. The van der Waals surface area contributed by atoms with E-state index in [0.29, 0.717) is 22.2 Å². The van der Waals surface area contributed by atoms with Gasteiger partial charge in [0.05, 0.1) is 23.4 Å². The fraction of sp³-hybridized carbons (Fsp3) is 0.308. The summed E-state index contributed by atoms with van der Waals surface area (Å²) in [6.07, 6.45) is 5.87. The van der Waals surface area contributed by atoms with E-state index in [0.717, 1.165) is 40.7 Å². The number of hydrogen-bond acceptors (Lipinski definition) is 4. The highest BCUT2D eigenvalue weighted by molar-refractivity contribution is 14.1. The molecule has 2 rings (SSSR count). The molecule has 4 nitrogen and oxygen atoms in total. The van der Waals surface area contributed by atoms with E-state index in [4.69, 9.17) is 4.74 Å². The number of phenolic OH excluding ortho intramolecular Hbond substituents is 1. The number of ether oxygens (including phenoxy) is 1. The molecule has 0 aliphatic carbocycles. The molecule has 2 aromatic rings. The van der Waals surface area contributed by atoms with Gasteiger partial charge in [-0.3, -0.25) is 0 Å². The molecule has 0 aromatic heterocycles. The summed E-state index contributed by atoms with van der Waals surface area (Å²) >= 11 is 2.09. The second-order valence-electron chi connectivity index (χ2n) is 7.34. The van der Waals surface area contributed by atoms with Crippen molar-refractivity contribution in [3.05, 3.63) is 81.0 Å². The number of phenols is 1. The standard InChI is InChI=1S/C26H31IO4/c1-4-8-18(2)22(13-14-28)24(29)12-11-21(20-9-6-5-7-10-20)15-19-16-23(27)26(30)25(17-19)31-3/h5-7,9-10,13,15-17,24,28-30H,2,4,8,11-12,14H2,1,3H3/b21-15-,22-13-. The number of halogens is 1. The molecule has 0 amide bonds. The Morgan fingerprint density at radius 1 is 1.19 bits per heavy atom. The summed E-state index contributed by atoms with van der Waals surface area (Å²) in [5.41, 5.74) is 4.63. The van der Waals surface area contributed by atoms with Gasteiger partial charge in [-0.25, -0.2) is 0 Å². The molecule has 0 saturated heterocycles. The Hall–Kier alpha value is -2.09. The van der Waals surface area contributed by atoms with Crippen LogP contribution in [0.4, 0.5) is 0 Å². The van der Waals surface area contributed by atoms with Crippen LogP contribution < -0.4 is 4.74 Å². The molecule has 1 unspecified atom stereocenters. The summed E-state index contributed by atoms with van der Waals surface area (Å²) in [5.74, 6) is 0.555. The van der Waals surface area contributed by atoms with Gasteiger partial charge in [-0.15, -0.1) is 0 Å². The van der Waals surface area contributed by atoms with Crippen molar-refractivity contribution in [1.29, 1.82) is 0 Å². The number of benzene rings is 2. The van der Waals surface area contributed by atoms with Crippen LogP contribution >= 0.6 is 22.6 Å². The fourth-order valence-electron chi connectivity index (χ4n) is 3.49. The Balaban J connectivity index is 2.34. The minimum Gasteiger partial charge on any atom is -0.504 e. The molecule has 0 saturated carbocycles. The topological polar surface area (TPSA) is 69.9 Å². The van der Waals surface area contributed by atoms with Crippen molar-refractivity contribution >= 4 is 34.2 Å². The van der Waals surface area contributed by atoms with Crippen LogP contribution in [0, 0.1) is 3.57 Å². The Kier molecular flexibility index (Phi) is 10.3. The molecular formula is C26H31IO4. The van der Waals surface area contributed by atoms with E-state index in [1.165, 1.54) is 7.11 Å². The van der Waals surface area contributed by atoms with E-state index < -0.39 is 6.10 Å². The molecular weight excluding hydrogens is 503 g/mol. The highest BCUT2D eigenvalue weighted by Gasteiger charge is 2.15. The predicted octanol–water partition coefficient (Wildman–Crippen LogP) is 5.96. The van der Waals surface area contributed by atoms with Crippen molar-refractivity contribution in [3.8, 4) is 11.5 Å². The normalized spacial score (nSPS) is 13.2. The third-order valence-corrected chi connectivity index (χ3v) is 5.90. The third-order valence-electron chi connectivity index (χ3n) is 5.07. The molecule has 1 atom stereocenters. The highest BCUT2D eigenvalue weighted by Crippen LogP contribution is 2.34. The Labute approximate surface area is 198 Å². The van der Waals surface area contributed by atoms with Gasteiger partial charge in [0.15, 0.2) is 11.5 Å². The van der Waals surface area contributed by atoms with Gasteiger partial charge in [0, 0.05) is 0 Å². The van der Waals surface area contributed by atoms with Crippen LogP contribution in [0.5, 0.6) is 11.5 Å². The van der Waals surface area contributed by atoms with E-state index >= 15 is 0 Å². The first-order chi connectivity index (χ1) is 14.9. The second kappa shape index (κ2) is 12.7. The summed E-state index contributed by atoms with van der Waals surface area (Å²) in [7, 11) is 1.53. The Morgan fingerprint density at radius 3 is 2.52 bits per heavy atom. The number of aromatic hydroxyl groups is 1. The fourth-order valence-corrected chi connectivity index (χ4v) is 4.12. The number of methoxy groups -OCH3 is 1. The van der Waals surface area contributed by atoms with Crippen LogP contribution in [-0.2, 0) is 0 Å².